The van der Waals surface area contributed by atoms with Crippen molar-refractivity contribution >= 4 is 11.9 Å². The van der Waals surface area contributed by atoms with Crippen LogP contribution in [0.1, 0.15) is 76.1 Å². The van der Waals surface area contributed by atoms with Gasteiger partial charge < -0.3 is 14.8 Å². The van der Waals surface area contributed by atoms with Crippen LogP contribution < -0.4 is 5.32 Å². The number of aromatic nitrogens is 1. The third-order valence-corrected chi connectivity index (χ3v) is 4.90. The van der Waals surface area contributed by atoms with Crippen LogP contribution in [0.4, 0.5) is 0 Å². The second-order valence-corrected chi connectivity index (χ2v) is 9.27. The number of methoxy groups -OCH3 is 1. The first-order chi connectivity index (χ1) is 12.4. The summed E-state index contributed by atoms with van der Waals surface area (Å²) >= 11 is 0. The SMILES string of the molecule is COC(=O)C1(NC(=O)c2cc(C(C)(C)C)nc(C(C)(C)C)c2)CCOCC1. The summed E-state index contributed by atoms with van der Waals surface area (Å²) in [6.07, 6.45) is 0.795. The number of carbonyl (C=O) groups is 2. The molecule has 0 aromatic carbocycles. The third-order valence-electron chi connectivity index (χ3n) is 4.90. The van der Waals surface area contributed by atoms with Crippen molar-refractivity contribution in [2.45, 2.75) is 70.8 Å². The normalized spacial score (nSPS) is 17.3. The van der Waals surface area contributed by atoms with E-state index in [4.69, 9.17) is 14.5 Å². The van der Waals surface area contributed by atoms with Crippen LogP contribution in [0.15, 0.2) is 12.1 Å². The minimum absolute atomic E-state index is 0.199. The summed E-state index contributed by atoms with van der Waals surface area (Å²) < 4.78 is 10.3. The fourth-order valence-electron chi connectivity index (χ4n) is 3.01. The number of nitrogens with zero attached hydrogens (tertiary/aromatic N) is 1. The average molecular weight is 376 g/mol. The van der Waals surface area contributed by atoms with Crippen molar-refractivity contribution in [2.24, 2.45) is 0 Å². The van der Waals surface area contributed by atoms with E-state index in [1.54, 1.807) is 0 Å². The Bertz CT molecular complexity index is 676. The van der Waals surface area contributed by atoms with Gasteiger partial charge in [0, 0.05) is 53.8 Å². The van der Waals surface area contributed by atoms with Gasteiger partial charge in [-0.25, -0.2) is 4.79 Å². The Morgan fingerprint density at radius 3 is 1.93 bits per heavy atom. The minimum atomic E-state index is -1.04. The first-order valence-corrected chi connectivity index (χ1v) is 9.41. The molecule has 2 rings (SSSR count). The van der Waals surface area contributed by atoms with Crippen LogP contribution in [0.5, 0.6) is 0 Å². The van der Waals surface area contributed by atoms with Crippen LogP contribution in [-0.2, 0) is 25.1 Å². The zero-order valence-electron chi connectivity index (χ0n) is 17.6. The number of hydrogen-bond acceptors (Lipinski definition) is 5. The average Bonchev–Trinajstić information content (AvgIpc) is 2.59. The number of esters is 1. The van der Waals surface area contributed by atoms with Crippen molar-refractivity contribution in [1.82, 2.24) is 10.3 Å². The van der Waals surface area contributed by atoms with E-state index in [1.807, 2.05) is 12.1 Å². The zero-order chi connectivity index (χ0) is 20.5. The number of hydrogen-bond donors (Lipinski definition) is 1. The summed E-state index contributed by atoms with van der Waals surface area (Å²) in [6, 6.07) is 3.63. The zero-order valence-corrected chi connectivity index (χ0v) is 17.6. The van der Waals surface area contributed by atoms with Crippen LogP contribution in [0.3, 0.4) is 0 Å². The molecular formula is C21H32N2O4. The molecule has 0 spiro atoms. The maximum absolute atomic E-state index is 13.1. The predicted molar refractivity (Wildman–Crippen MR) is 104 cm³/mol. The van der Waals surface area contributed by atoms with E-state index >= 15 is 0 Å². The molecule has 0 unspecified atom stereocenters. The molecule has 6 heteroatoms. The quantitative estimate of drug-likeness (QED) is 0.820. The Kier molecular flexibility index (Phi) is 6.00. The number of pyridine rings is 1. The highest BCUT2D eigenvalue weighted by molar-refractivity contribution is 5.98. The van der Waals surface area contributed by atoms with Gasteiger partial charge >= 0.3 is 5.97 Å². The first-order valence-electron chi connectivity index (χ1n) is 9.41. The molecule has 1 aliphatic heterocycles. The van der Waals surface area contributed by atoms with Crippen LogP contribution in [0.25, 0.3) is 0 Å². The van der Waals surface area contributed by atoms with E-state index in [9.17, 15) is 9.59 Å². The maximum atomic E-state index is 13.1. The van der Waals surface area contributed by atoms with E-state index in [-0.39, 0.29) is 16.7 Å². The van der Waals surface area contributed by atoms with Gasteiger partial charge in [-0.3, -0.25) is 9.78 Å². The molecule has 0 radical (unpaired) electrons. The van der Waals surface area contributed by atoms with Crippen molar-refractivity contribution in [2.75, 3.05) is 20.3 Å². The van der Waals surface area contributed by atoms with Gasteiger partial charge in [-0.1, -0.05) is 41.5 Å². The van der Waals surface area contributed by atoms with Gasteiger partial charge in [-0.2, -0.15) is 0 Å². The van der Waals surface area contributed by atoms with Crippen molar-refractivity contribution < 1.29 is 19.1 Å². The van der Waals surface area contributed by atoms with Crippen LogP contribution in [0, 0.1) is 0 Å². The summed E-state index contributed by atoms with van der Waals surface area (Å²) in [5.74, 6) is -0.721. The van der Waals surface area contributed by atoms with Crippen molar-refractivity contribution in [3.63, 3.8) is 0 Å². The molecule has 0 bridgehead atoms. The third kappa shape index (κ3) is 4.86. The molecule has 1 aromatic heterocycles. The van der Waals surface area contributed by atoms with Crippen LogP contribution in [-0.4, -0.2) is 42.7 Å². The van der Waals surface area contributed by atoms with E-state index < -0.39 is 11.5 Å². The van der Waals surface area contributed by atoms with Gasteiger partial charge in [0.2, 0.25) is 0 Å². The highest BCUT2D eigenvalue weighted by atomic mass is 16.5. The number of amides is 1. The summed E-state index contributed by atoms with van der Waals surface area (Å²) in [4.78, 5) is 30.3. The van der Waals surface area contributed by atoms with E-state index in [1.165, 1.54) is 7.11 Å². The lowest BCUT2D eigenvalue weighted by Crippen LogP contribution is -2.58. The molecule has 1 aliphatic rings. The summed E-state index contributed by atoms with van der Waals surface area (Å²) in [5, 5.41) is 2.94. The van der Waals surface area contributed by atoms with E-state index in [0.29, 0.717) is 31.6 Å². The van der Waals surface area contributed by atoms with Gasteiger partial charge in [0.25, 0.3) is 5.91 Å². The largest absolute Gasteiger partial charge is 0.467 e. The smallest absolute Gasteiger partial charge is 0.331 e. The van der Waals surface area contributed by atoms with Crippen molar-refractivity contribution in [3.05, 3.63) is 29.1 Å². The lowest BCUT2D eigenvalue weighted by molar-refractivity contribution is -0.152. The standard InChI is InChI=1S/C21H32N2O4/c1-19(2,3)15-12-14(13-16(22-15)20(4,5)6)17(24)23-21(18(25)26-7)8-10-27-11-9-21/h12-13H,8-11H2,1-7H3,(H,23,24). The lowest BCUT2D eigenvalue weighted by Gasteiger charge is -2.35. The molecule has 1 amide bonds. The Balaban J connectivity index is 2.43. The number of ether oxygens (including phenoxy) is 2. The minimum Gasteiger partial charge on any atom is -0.467 e. The fraction of sp³-hybridized carbons (Fsp3) is 0.667. The molecule has 1 N–H and O–H groups in total. The van der Waals surface area contributed by atoms with Gasteiger partial charge in [-0.15, -0.1) is 0 Å². The topological polar surface area (TPSA) is 77.5 Å². The molecule has 2 heterocycles. The van der Waals surface area contributed by atoms with Gasteiger partial charge in [0.15, 0.2) is 0 Å². The van der Waals surface area contributed by atoms with Crippen LogP contribution >= 0.6 is 0 Å². The molecule has 27 heavy (non-hydrogen) atoms. The number of nitrogens with one attached hydrogen (secondary N) is 1. The molecule has 0 aliphatic carbocycles. The molecule has 0 saturated carbocycles. The van der Waals surface area contributed by atoms with E-state index in [2.05, 4.69) is 46.9 Å². The van der Waals surface area contributed by atoms with E-state index in [0.717, 1.165) is 11.4 Å². The Hall–Kier alpha value is -1.95. The summed E-state index contributed by atoms with van der Waals surface area (Å²) in [7, 11) is 1.34. The molecular weight excluding hydrogens is 344 g/mol. The molecule has 0 atom stereocenters. The molecule has 6 nitrogen and oxygen atoms in total. The fourth-order valence-corrected chi connectivity index (χ4v) is 3.01. The maximum Gasteiger partial charge on any atom is 0.331 e. The summed E-state index contributed by atoms with van der Waals surface area (Å²) in [5.41, 5.74) is 0.759. The van der Waals surface area contributed by atoms with Crippen molar-refractivity contribution in [1.29, 1.82) is 0 Å². The Morgan fingerprint density at radius 2 is 1.52 bits per heavy atom. The molecule has 150 valence electrons. The Morgan fingerprint density at radius 1 is 1.04 bits per heavy atom. The summed E-state index contributed by atoms with van der Waals surface area (Å²) in [6.45, 7) is 13.2. The lowest BCUT2D eigenvalue weighted by atomic mass is 9.85. The molecule has 1 fully saturated rings. The second-order valence-electron chi connectivity index (χ2n) is 9.27. The monoisotopic (exact) mass is 376 g/mol. The van der Waals surface area contributed by atoms with Gasteiger partial charge in [0.1, 0.15) is 5.54 Å². The molecule has 1 aromatic rings. The first kappa shape index (κ1) is 21.4. The molecule has 1 saturated heterocycles. The number of rotatable bonds is 3. The predicted octanol–water partition coefficient (Wildman–Crippen LogP) is 3.13. The highest BCUT2D eigenvalue weighted by Crippen LogP contribution is 2.28. The second kappa shape index (κ2) is 7.58. The van der Waals surface area contributed by atoms with Crippen LogP contribution in [0.2, 0.25) is 0 Å². The van der Waals surface area contributed by atoms with Gasteiger partial charge in [0.05, 0.1) is 7.11 Å². The number of carbonyl (C=O) groups excluding carboxylic acids is 2. The highest BCUT2D eigenvalue weighted by Gasteiger charge is 2.43. The Labute approximate surface area is 162 Å². The van der Waals surface area contributed by atoms with Gasteiger partial charge in [-0.05, 0) is 12.1 Å². The van der Waals surface area contributed by atoms with Crippen molar-refractivity contribution in [3.8, 4) is 0 Å².